The number of aryl methyl sites for hydroxylation is 1. The zero-order valence-electron chi connectivity index (χ0n) is 15.6. The van der Waals surface area contributed by atoms with E-state index in [0.717, 1.165) is 24.7 Å². The summed E-state index contributed by atoms with van der Waals surface area (Å²) in [5.41, 5.74) is 5.66. The molecule has 2 aromatic rings. The van der Waals surface area contributed by atoms with Gasteiger partial charge in [-0.3, -0.25) is 9.52 Å². The Hall–Kier alpha value is -2.19. The van der Waals surface area contributed by atoms with Gasteiger partial charge in [-0.05, 0) is 61.4 Å². The largest absolute Gasteiger partial charge is 0.284 e. The summed E-state index contributed by atoms with van der Waals surface area (Å²) < 4.78 is 25.2. The molecule has 0 radical (unpaired) electrons. The highest BCUT2D eigenvalue weighted by molar-refractivity contribution is 7.92. The molecule has 8 heteroatoms. The quantitative estimate of drug-likeness (QED) is 0.590. The Morgan fingerprint density at radius 3 is 2.81 bits per heavy atom. The summed E-state index contributed by atoms with van der Waals surface area (Å²) in [6.07, 6.45) is 4.33. The van der Waals surface area contributed by atoms with Crippen molar-refractivity contribution in [3.63, 3.8) is 0 Å². The van der Waals surface area contributed by atoms with Gasteiger partial charge in [-0.25, -0.2) is 13.8 Å². The van der Waals surface area contributed by atoms with Crippen molar-refractivity contribution in [3.05, 3.63) is 51.2 Å². The third-order valence-electron chi connectivity index (χ3n) is 4.47. The zero-order chi connectivity index (χ0) is 19.6. The van der Waals surface area contributed by atoms with Crippen molar-refractivity contribution in [3.8, 4) is 0 Å². The van der Waals surface area contributed by atoms with E-state index in [2.05, 4.69) is 22.2 Å². The van der Waals surface area contributed by atoms with Crippen LogP contribution in [0.1, 0.15) is 45.9 Å². The molecule has 1 aliphatic carbocycles. The van der Waals surface area contributed by atoms with Crippen LogP contribution >= 0.6 is 11.3 Å². The molecule has 1 amide bonds. The summed E-state index contributed by atoms with van der Waals surface area (Å²) in [6, 6.07) is 8.86. The number of carbonyl (C=O) groups excluding carboxylic acids is 1. The summed E-state index contributed by atoms with van der Waals surface area (Å²) in [5.74, 6) is 0.451. The van der Waals surface area contributed by atoms with Crippen molar-refractivity contribution in [2.24, 2.45) is 11.0 Å². The van der Waals surface area contributed by atoms with Crippen LogP contribution in [0, 0.1) is 5.92 Å². The molecule has 1 atom stereocenters. The lowest BCUT2D eigenvalue weighted by atomic mass is 9.90. The van der Waals surface area contributed by atoms with Crippen molar-refractivity contribution in [1.29, 1.82) is 0 Å². The number of carbonyl (C=O) groups is 1. The minimum atomic E-state index is -3.35. The highest BCUT2D eigenvalue weighted by Gasteiger charge is 2.20. The van der Waals surface area contributed by atoms with Crippen molar-refractivity contribution >= 4 is 38.7 Å². The number of rotatable bonds is 5. The molecular formula is C19H23N3O3S2. The van der Waals surface area contributed by atoms with Gasteiger partial charge in [0.2, 0.25) is 10.0 Å². The first kappa shape index (κ1) is 19.6. The second-order valence-corrected chi connectivity index (χ2v) is 9.89. The van der Waals surface area contributed by atoms with Gasteiger partial charge in [-0.2, -0.15) is 5.10 Å². The summed E-state index contributed by atoms with van der Waals surface area (Å²) >= 11 is 1.55. The maximum absolute atomic E-state index is 12.4. The standard InChI is InChI=1S/C19H23N3O3S2/c1-12-7-8-15-11-18(26-17(15)9-12)19(23)21-20-13(2)14-5-4-6-16(10-14)22-27(3,24)25/h4-6,10-12,22H,7-9H2,1-3H3,(H,21,23)/b20-13+/t12-/m0/s1. The fourth-order valence-electron chi connectivity index (χ4n) is 3.06. The van der Waals surface area contributed by atoms with E-state index in [-0.39, 0.29) is 5.91 Å². The highest BCUT2D eigenvalue weighted by atomic mass is 32.2. The van der Waals surface area contributed by atoms with Crippen LogP contribution in [0.3, 0.4) is 0 Å². The lowest BCUT2D eigenvalue weighted by Gasteiger charge is -2.16. The molecule has 27 heavy (non-hydrogen) atoms. The van der Waals surface area contributed by atoms with Gasteiger partial charge in [-0.1, -0.05) is 19.1 Å². The van der Waals surface area contributed by atoms with E-state index in [0.29, 0.717) is 22.2 Å². The van der Waals surface area contributed by atoms with Crippen LogP contribution in [-0.2, 0) is 22.9 Å². The van der Waals surface area contributed by atoms with Gasteiger partial charge in [0.15, 0.2) is 0 Å². The second-order valence-electron chi connectivity index (χ2n) is 7.00. The SMILES string of the molecule is C/C(=N\NC(=O)c1cc2c(s1)C[C@@H](C)CC2)c1cccc(NS(C)(=O)=O)c1. The van der Waals surface area contributed by atoms with Crippen LogP contribution in [0.5, 0.6) is 0 Å². The Bertz CT molecular complexity index is 993. The molecule has 1 aromatic carbocycles. The number of benzene rings is 1. The molecule has 0 bridgehead atoms. The maximum Gasteiger partial charge on any atom is 0.281 e. The van der Waals surface area contributed by atoms with E-state index >= 15 is 0 Å². The number of nitrogens with zero attached hydrogens (tertiary/aromatic N) is 1. The van der Waals surface area contributed by atoms with Crippen molar-refractivity contribution in [2.45, 2.75) is 33.1 Å². The lowest BCUT2D eigenvalue weighted by molar-refractivity contribution is 0.0959. The van der Waals surface area contributed by atoms with E-state index < -0.39 is 10.0 Å². The van der Waals surface area contributed by atoms with Gasteiger partial charge in [0.05, 0.1) is 16.8 Å². The molecule has 1 heterocycles. The van der Waals surface area contributed by atoms with Crippen LogP contribution in [0.2, 0.25) is 0 Å². The lowest BCUT2D eigenvalue weighted by Crippen LogP contribution is -2.18. The Kier molecular flexibility index (Phi) is 5.67. The number of anilines is 1. The van der Waals surface area contributed by atoms with E-state index in [4.69, 9.17) is 0 Å². The number of sulfonamides is 1. The summed E-state index contributed by atoms with van der Waals surface area (Å²) in [4.78, 5) is 14.4. The first-order chi connectivity index (χ1) is 12.7. The van der Waals surface area contributed by atoms with Gasteiger partial charge < -0.3 is 0 Å². The normalized spacial score (nSPS) is 17.3. The molecule has 0 unspecified atom stereocenters. The molecule has 1 aromatic heterocycles. The average Bonchev–Trinajstić information content (AvgIpc) is 3.01. The molecule has 0 saturated heterocycles. The molecule has 0 fully saturated rings. The van der Waals surface area contributed by atoms with E-state index in [9.17, 15) is 13.2 Å². The zero-order valence-corrected chi connectivity index (χ0v) is 17.2. The van der Waals surface area contributed by atoms with Gasteiger partial charge >= 0.3 is 0 Å². The van der Waals surface area contributed by atoms with E-state index in [1.807, 2.05) is 12.1 Å². The van der Waals surface area contributed by atoms with Crippen molar-refractivity contribution < 1.29 is 13.2 Å². The molecule has 0 spiro atoms. The third-order valence-corrected chi connectivity index (χ3v) is 6.27. The van der Waals surface area contributed by atoms with Crippen LogP contribution in [0.25, 0.3) is 0 Å². The number of amides is 1. The molecular weight excluding hydrogens is 382 g/mol. The minimum absolute atomic E-state index is 0.216. The molecule has 1 aliphatic rings. The fourth-order valence-corrected chi connectivity index (χ4v) is 4.88. The van der Waals surface area contributed by atoms with Crippen LogP contribution in [0.4, 0.5) is 5.69 Å². The highest BCUT2D eigenvalue weighted by Crippen LogP contribution is 2.32. The van der Waals surface area contributed by atoms with Crippen LogP contribution in [-0.4, -0.2) is 26.3 Å². The topological polar surface area (TPSA) is 87.6 Å². The molecule has 0 saturated carbocycles. The van der Waals surface area contributed by atoms with Gasteiger partial charge in [0.1, 0.15) is 0 Å². The number of thiophene rings is 1. The van der Waals surface area contributed by atoms with E-state index in [1.54, 1.807) is 36.5 Å². The predicted molar refractivity (Wildman–Crippen MR) is 110 cm³/mol. The van der Waals surface area contributed by atoms with E-state index in [1.165, 1.54) is 16.9 Å². The van der Waals surface area contributed by atoms with Crippen molar-refractivity contribution in [1.82, 2.24) is 5.43 Å². The number of fused-ring (bicyclic) bond motifs is 1. The summed E-state index contributed by atoms with van der Waals surface area (Å²) in [7, 11) is -3.35. The average molecular weight is 406 g/mol. The van der Waals surface area contributed by atoms with Gasteiger partial charge in [0, 0.05) is 10.6 Å². The van der Waals surface area contributed by atoms with Gasteiger partial charge in [0.25, 0.3) is 5.91 Å². The van der Waals surface area contributed by atoms with Crippen LogP contribution < -0.4 is 10.1 Å². The number of nitrogens with one attached hydrogen (secondary N) is 2. The first-order valence-electron chi connectivity index (χ1n) is 8.75. The third kappa shape index (κ3) is 5.17. The van der Waals surface area contributed by atoms with Crippen LogP contribution in [0.15, 0.2) is 35.4 Å². The fraction of sp³-hybridized carbons (Fsp3) is 0.368. The minimum Gasteiger partial charge on any atom is -0.284 e. The first-order valence-corrected chi connectivity index (χ1v) is 11.5. The Morgan fingerprint density at radius 2 is 2.07 bits per heavy atom. The van der Waals surface area contributed by atoms with Gasteiger partial charge in [-0.15, -0.1) is 11.3 Å². The molecule has 0 aliphatic heterocycles. The monoisotopic (exact) mass is 405 g/mol. The maximum atomic E-state index is 12.4. The van der Waals surface area contributed by atoms with Crippen molar-refractivity contribution in [2.75, 3.05) is 11.0 Å². The number of hydrogen-bond acceptors (Lipinski definition) is 5. The Labute approximate surface area is 163 Å². The number of hydrazone groups is 1. The Balaban J connectivity index is 1.70. The summed E-state index contributed by atoms with van der Waals surface area (Å²) in [6.45, 7) is 4.00. The smallest absolute Gasteiger partial charge is 0.281 e. The predicted octanol–water partition coefficient (Wildman–Crippen LogP) is 3.40. The molecule has 144 valence electrons. The Morgan fingerprint density at radius 1 is 1.30 bits per heavy atom. The summed E-state index contributed by atoms with van der Waals surface area (Å²) in [5, 5.41) is 4.18. The molecule has 2 N–H and O–H groups in total. The molecule has 6 nitrogen and oxygen atoms in total. The number of hydrogen-bond donors (Lipinski definition) is 2. The molecule has 3 rings (SSSR count). The second kappa shape index (κ2) is 7.82.